The van der Waals surface area contributed by atoms with Crippen molar-refractivity contribution in [3.63, 3.8) is 0 Å². The predicted octanol–water partition coefficient (Wildman–Crippen LogP) is 1.61. The van der Waals surface area contributed by atoms with Crippen molar-refractivity contribution >= 4 is 17.7 Å². The Hall–Kier alpha value is -2.08. The molecule has 2 rings (SSSR count). The maximum Gasteiger partial charge on any atom is 0.319 e. The summed E-state index contributed by atoms with van der Waals surface area (Å²) in [7, 11) is 0. The summed E-state index contributed by atoms with van der Waals surface area (Å²) < 4.78 is 5.22. The molecule has 0 atom stereocenters. The number of hydrogen-bond donors (Lipinski definition) is 3. The Kier molecular flexibility index (Phi) is 4.95. The lowest BCUT2D eigenvalue weighted by Gasteiger charge is -2.23. The van der Waals surface area contributed by atoms with Gasteiger partial charge in [0.25, 0.3) is 0 Å². The normalized spacial score (nSPS) is 15.6. The summed E-state index contributed by atoms with van der Waals surface area (Å²) in [5.41, 5.74) is 1.34. The first-order valence-corrected chi connectivity index (χ1v) is 6.59. The molecule has 6 nitrogen and oxygen atoms in total. The van der Waals surface area contributed by atoms with Gasteiger partial charge in [0.15, 0.2) is 0 Å². The second kappa shape index (κ2) is 6.91. The molecule has 1 fully saturated rings. The van der Waals surface area contributed by atoms with E-state index < -0.39 is 5.97 Å². The van der Waals surface area contributed by atoms with Gasteiger partial charge >= 0.3 is 12.0 Å². The van der Waals surface area contributed by atoms with Crippen molar-refractivity contribution in [2.24, 2.45) is 0 Å². The van der Waals surface area contributed by atoms with Crippen LogP contribution in [0.4, 0.5) is 10.5 Å². The summed E-state index contributed by atoms with van der Waals surface area (Å²) in [5.74, 6) is -0.872. The molecule has 1 aliphatic rings. The van der Waals surface area contributed by atoms with E-state index in [1.807, 2.05) is 0 Å². The minimum absolute atomic E-state index is 0.0193. The zero-order chi connectivity index (χ0) is 14.4. The molecule has 2 amide bonds. The van der Waals surface area contributed by atoms with Crippen LogP contribution < -0.4 is 10.6 Å². The lowest BCUT2D eigenvalue weighted by Crippen LogP contribution is -2.41. The van der Waals surface area contributed by atoms with Gasteiger partial charge in [-0.05, 0) is 30.5 Å². The second-order valence-electron chi connectivity index (χ2n) is 4.75. The lowest BCUT2D eigenvalue weighted by molar-refractivity contribution is -0.136. The monoisotopic (exact) mass is 278 g/mol. The molecule has 0 spiro atoms. The molecular formula is C14H18N2O4. The fourth-order valence-electron chi connectivity index (χ4n) is 2.08. The van der Waals surface area contributed by atoms with Gasteiger partial charge in [0.1, 0.15) is 0 Å². The van der Waals surface area contributed by atoms with Crippen LogP contribution in [0.25, 0.3) is 0 Å². The molecule has 1 saturated heterocycles. The number of nitrogens with one attached hydrogen (secondary N) is 2. The lowest BCUT2D eigenvalue weighted by atomic mass is 10.1. The van der Waals surface area contributed by atoms with E-state index in [-0.39, 0.29) is 18.5 Å². The zero-order valence-corrected chi connectivity index (χ0v) is 11.1. The van der Waals surface area contributed by atoms with Crippen LogP contribution in [0.15, 0.2) is 24.3 Å². The second-order valence-corrected chi connectivity index (χ2v) is 4.75. The fraction of sp³-hybridized carbons (Fsp3) is 0.429. The molecule has 108 valence electrons. The van der Waals surface area contributed by atoms with Gasteiger partial charge in [-0.1, -0.05) is 12.1 Å². The molecule has 0 unspecified atom stereocenters. The molecule has 3 N–H and O–H groups in total. The van der Waals surface area contributed by atoms with Gasteiger partial charge in [-0.3, -0.25) is 4.79 Å². The molecule has 1 aromatic carbocycles. The molecule has 0 aromatic heterocycles. The zero-order valence-electron chi connectivity index (χ0n) is 11.1. The van der Waals surface area contributed by atoms with Gasteiger partial charge in [0, 0.05) is 24.9 Å². The number of carbonyl (C=O) groups excluding carboxylic acids is 1. The van der Waals surface area contributed by atoms with Crippen LogP contribution in [0.2, 0.25) is 0 Å². The van der Waals surface area contributed by atoms with Crippen molar-refractivity contribution in [2.75, 3.05) is 18.5 Å². The van der Waals surface area contributed by atoms with Crippen LogP contribution >= 0.6 is 0 Å². The minimum atomic E-state index is -0.872. The predicted molar refractivity (Wildman–Crippen MR) is 73.8 cm³/mol. The van der Waals surface area contributed by atoms with Gasteiger partial charge in [-0.25, -0.2) is 4.79 Å². The highest BCUT2D eigenvalue weighted by molar-refractivity contribution is 5.89. The van der Waals surface area contributed by atoms with E-state index in [0.717, 1.165) is 12.8 Å². The highest BCUT2D eigenvalue weighted by atomic mass is 16.5. The van der Waals surface area contributed by atoms with Gasteiger partial charge in [-0.15, -0.1) is 0 Å². The van der Waals surface area contributed by atoms with Gasteiger partial charge in [0.05, 0.1) is 6.42 Å². The summed E-state index contributed by atoms with van der Waals surface area (Å²) in [6, 6.07) is 6.68. The van der Waals surface area contributed by atoms with E-state index in [1.54, 1.807) is 24.3 Å². The molecule has 0 bridgehead atoms. The Morgan fingerprint density at radius 3 is 2.45 bits per heavy atom. The summed E-state index contributed by atoms with van der Waals surface area (Å²) >= 11 is 0. The van der Waals surface area contributed by atoms with Gasteiger partial charge in [0.2, 0.25) is 0 Å². The Morgan fingerprint density at radius 2 is 1.85 bits per heavy atom. The molecule has 1 aliphatic heterocycles. The maximum absolute atomic E-state index is 11.8. The number of carbonyl (C=O) groups is 2. The van der Waals surface area contributed by atoms with E-state index in [0.29, 0.717) is 24.5 Å². The van der Waals surface area contributed by atoms with Gasteiger partial charge in [-0.2, -0.15) is 0 Å². The van der Waals surface area contributed by atoms with Crippen LogP contribution in [-0.2, 0) is 16.0 Å². The molecular weight excluding hydrogens is 260 g/mol. The number of benzene rings is 1. The third kappa shape index (κ3) is 4.55. The molecule has 0 saturated carbocycles. The van der Waals surface area contributed by atoms with Crippen molar-refractivity contribution in [3.05, 3.63) is 29.8 Å². The minimum Gasteiger partial charge on any atom is -0.481 e. The molecule has 20 heavy (non-hydrogen) atoms. The van der Waals surface area contributed by atoms with E-state index in [1.165, 1.54) is 0 Å². The topological polar surface area (TPSA) is 87.7 Å². The molecule has 0 radical (unpaired) electrons. The standard InChI is InChI=1S/C14H18N2O4/c17-13(18)9-10-1-3-11(4-2-10)15-14(19)16-12-5-7-20-8-6-12/h1-4,12H,5-9H2,(H,17,18)(H2,15,16,19). The number of anilines is 1. The van der Waals surface area contributed by atoms with Crippen LogP contribution in [0, 0.1) is 0 Å². The number of amides is 2. The largest absolute Gasteiger partial charge is 0.481 e. The van der Waals surface area contributed by atoms with E-state index in [2.05, 4.69) is 10.6 Å². The van der Waals surface area contributed by atoms with E-state index >= 15 is 0 Å². The summed E-state index contributed by atoms with van der Waals surface area (Å²) in [6.45, 7) is 1.35. The summed E-state index contributed by atoms with van der Waals surface area (Å²) in [5, 5.41) is 14.3. The van der Waals surface area contributed by atoms with Crippen LogP contribution in [0.3, 0.4) is 0 Å². The Morgan fingerprint density at radius 1 is 1.20 bits per heavy atom. The van der Waals surface area contributed by atoms with Crippen LogP contribution in [0.5, 0.6) is 0 Å². The molecule has 0 aliphatic carbocycles. The highest BCUT2D eigenvalue weighted by Gasteiger charge is 2.15. The SMILES string of the molecule is O=C(O)Cc1ccc(NC(=O)NC2CCOCC2)cc1. The Bertz CT molecular complexity index is 467. The number of ether oxygens (including phenoxy) is 1. The first kappa shape index (κ1) is 14.3. The van der Waals surface area contributed by atoms with Crippen molar-refractivity contribution < 1.29 is 19.4 Å². The van der Waals surface area contributed by atoms with E-state index in [9.17, 15) is 9.59 Å². The molecule has 6 heteroatoms. The van der Waals surface area contributed by atoms with Crippen molar-refractivity contribution in [1.82, 2.24) is 5.32 Å². The fourth-order valence-corrected chi connectivity index (χ4v) is 2.08. The number of carboxylic acid groups (broad SMARTS) is 1. The first-order chi connectivity index (χ1) is 9.63. The third-order valence-corrected chi connectivity index (χ3v) is 3.12. The molecule has 1 heterocycles. The van der Waals surface area contributed by atoms with Crippen molar-refractivity contribution in [1.29, 1.82) is 0 Å². The van der Waals surface area contributed by atoms with E-state index in [4.69, 9.17) is 9.84 Å². The van der Waals surface area contributed by atoms with Crippen molar-refractivity contribution in [3.8, 4) is 0 Å². The smallest absolute Gasteiger partial charge is 0.319 e. The van der Waals surface area contributed by atoms with Crippen molar-refractivity contribution in [2.45, 2.75) is 25.3 Å². The average molecular weight is 278 g/mol. The third-order valence-electron chi connectivity index (χ3n) is 3.12. The maximum atomic E-state index is 11.8. The quantitative estimate of drug-likeness (QED) is 0.781. The van der Waals surface area contributed by atoms with Crippen LogP contribution in [0.1, 0.15) is 18.4 Å². The van der Waals surface area contributed by atoms with Gasteiger partial charge < -0.3 is 20.5 Å². The first-order valence-electron chi connectivity index (χ1n) is 6.59. The average Bonchev–Trinajstić information content (AvgIpc) is 2.41. The van der Waals surface area contributed by atoms with Crippen LogP contribution in [-0.4, -0.2) is 36.4 Å². The number of aliphatic carboxylic acids is 1. The Labute approximate surface area is 117 Å². The highest BCUT2D eigenvalue weighted by Crippen LogP contribution is 2.11. The summed E-state index contributed by atoms with van der Waals surface area (Å²) in [4.78, 5) is 22.3. The Balaban J connectivity index is 1.82. The number of urea groups is 1. The number of hydrogen-bond acceptors (Lipinski definition) is 3. The summed E-state index contributed by atoms with van der Waals surface area (Å²) in [6.07, 6.45) is 1.63. The number of carboxylic acids is 1. The number of rotatable bonds is 4. The molecule has 1 aromatic rings.